The van der Waals surface area contributed by atoms with Crippen LogP contribution in [0.15, 0.2) is 34.6 Å². The summed E-state index contributed by atoms with van der Waals surface area (Å²) < 4.78 is 44.1. The number of hydroxylamine groups is 1. The molecule has 0 saturated heterocycles. The Bertz CT molecular complexity index is 978. The van der Waals surface area contributed by atoms with Crippen molar-refractivity contribution in [2.45, 2.75) is 0 Å². The van der Waals surface area contributed by atoms with Crippen LogP contribution >= 0.6 is 22.6 Å². The van der Waals surface area contributed by atoms with E-state index in [0.717, 1.165) is 18.3 Å². The molecule has 0 saturated carbocycles. The van der Waals surface area contributed by atoms with Gasteiger partial charge in [0.15, 0.2) is 11.6 Å². The Morgan fingerprint density at radius 3 is 2.65 bits per heavy atom. The molecule has 0 aliphatic rings. The second kappa shape index (κ2) is 12.2. The Morgan fingerprint density at radius 1 is 1.19 bits per heavy atom. The molecule has 0 fully saturated rings. The molecule has 0 atom stereocenters. The number of nitroso groups, excluding NO2 is 1. The van der Waals surface area contributed by atoms with Gasteiger partial charge in [-0.1, -0.05) is 10.3 Å². The molecule has 0 unspecified atom stereocenters. The molecule has 3 N–H and O–H groups in total. The maximum Gasteiger partial charge on any atom is 0.277 e. The fourth-order valence-corrected chi connectivity index (χ4v) is 2.66. The molecule has 0 aromatic heterocycles. The van der Waals surface area contributed by atoms with Crippen LogP contribution in [0.5, 0.6) is 0 Å². The van der Waals surface area contributed by atoms with Crippen LogP contribution in [-0.4, -0.2) is 43.6 Å². The topological polar surface area (TPSA) is 122 Å². The number of hydrogen-bond acceptors (Lipinski definition) is 8. The second-order valence-electron chi connectivity index (χ2n) is 5.69. The third-order valence-electron chi connectivity index (χ3n) is 3.57. The van der Waals surface area contributed by atoms with Crippen molar-refractivity contribution in [3.05, 3.63) is 61.3 Å². The van der Waals surface area contributed by atoms with Crippen molar-refractivity contribution in [3.63, 3.8) is 0 Å². The van der Waals surface area contributed by atoms with E-state index in [9.17, 15) is 22.9 Å². The van der Waals surface area contributed by atoms with Crippen LogP contribution in [0.25, 0.3) is 0 Å². The van der Waals surface area contributed by atoms with E-state index in [1.54, 1.807) is 0 Å². The third-order valence-corrected chi connectivity index (χ3v) is 4.24. The van der Waals surface area contributed by atoms with Crippen molar-refractivity contribution in [1.82, 2.24) is 5.48 Å². The first-order valence-electron chi connectivity index (χ1n) is 8.60. The molecule has 13 heteroatoms. The zero-order valence-electron chi connectivity index (χ0n) is 15.7. The number of rotatable bonds is 11. The number of amides is 1. The van der Waals surface area contributed by atoms with E-state index in [4.69, 9.17) is 9.94 Å². The van der Waals surface area contributed by atoms with Crippen LogP contribution in [0.2, 0.25) is 0 Å². The summed E-state index contributed by atoms with van der Waals surface area (Å²) in [6, 6.07) is 4.92. The first-order chi connectivity index (χ1) is 14.9. The average molecular weight is 552 g/mol. The Balaban J connectivity index is 2.44. The number of aliphatic hydroxyl groups excluding tert-OH is 1. The van der Waals surface area contributed by atoms with E-state index in [1.807, 2.05) is 28.1 Å². The highest BCUT2D eigenvalue weighted by Crippen LogP contribution is 2.30. The Hall–Kier alpha value is -2.78. The number of nitrogens with one attached hydrogen (secondary N) is 2. The van der Waals surface area contributed by atoms with Crippen molar-refractivity contribution in [3.8, 4) is 0 Å². The number of carbonyl (C=O) groups excluding carboxylic acids is 1. The second-order valence-corrected chi connectivity index (χ2v) is 6.93. The number of benzene rings is 2. The molecular weight excluding hydrogens is 536 g/mol. The largest absolute Gasteiger partial charge is 0.394 e. The van der Waals surface area contributed by atoms with Crippen LogP contribution in [0.4, 0.5) is 24.5 Å². The molecule has 166 valence electrons. The van der Waals surface area contributed by atoms with Crippen molar-refractivity contribution < 1.29 is 32.7 Å². The molecule has 0 radical (unpaired) electrons. The minimum Gasteiger partial charge on any atom is -0.394 e. The van der Waals surface area contributed by atoms with Gasteiger partial charge in [0, 0.05) is 9.13 Å². The van der Waals surface area contributed by atoms with E-state index < -0.39 is 46.8 Å². The summed E-state index contributed by atoms with van der Waals surface area (Å²) in [5.74, 6) is -4.62. The van der Waals surface area contributed by atoms with E-state index in [2.05, 4.69) is 20.5 Å². The molecule has 2 rings (SSSR count). The minimum atomic E-state index is -1.48. The van der Waals surface area contributed by atoms with Crippen molar-refractivity contribution in [2.24, 2.45) is 10.3 Å². The smallest absolute Gasteiger partial charge is 0.277 e. The number of oxime groups is 1. The van der Waals surface area contributed by atoms with Gasteiger partial charge in [-0.15, -0.1) is 0 Å². The zero-order valence-corrected chi connectivity index (χ0v) is 17.9. The van der Waals surface area contributed by atoms with E-state index in [0.29, 0.717) is 3.57 Å². The van der Waals surface area contributed by atoms with E-state index in [-0.39, 0.29) is 25.4 Å². The van der Waals surface area contributed by atoms with Gasteiger partial charge in [-0.25, -0.2) is 18.7 Å². The number of halogens is 4. The Labute approximate surface area is 187 Å². The van der Waals surface area contributed by atoms with Crippen molar-refractivity contribution in [1.29, 1.82) is 0 Å². The van der Waals surface area contributed by atoms with Gasteiger partial charge in [0.25, 0.3) is 5.91 Å². The van der Waals surface area contributed by atoms with Crippen molar-refractivity contribution >= 4 is 46.1 Å². The summed E-state index contributed by atoms with van der Waals surface area (Å²) in [7, 11) is 0. The van der Waals surface area contributed by atoms with Crippen LogP contribution < -0.4 is 10.8 Å². The quantitative estimate of drug-likeness (QED) is 0.130. The summed E-state index contributed by atoms with van der Waals surface area (Å²) in [5, 5.41) is 17.0. The minimum absolute atomic E-state index is 0.182. The molecule has 9 nitrogen and oxygen atoms in total. The lowest BCUT2D eigenvalue weighted by Crippen LogP contribution is -2.26. The van der Waals surface area contributed by atoms with Gasteiger partial charge < -0.3 is 15.3 Å². The highest BCUT2D eigenvalue weighted by Gasteiger charge is 2.23. The van der Waals surface area contributed by atoms with Gasteiger partial charge in [-0.05, 0) is 46.9 Å². The lowest BCUT2D eigenvalue weighted by Gasteiger charge is -2.15. The normalized spacial score (nSPS) is 10.9. The maximum atomic E-state index is 14.8. The van der Waals surface area contributed by atoms with Crippen molar-refractivity contribution in [2.75, 3.05) is 31.7 Å². The molecule has 31 heavy (non-hydrogen) atoms. The fourth-order valence-electron chi connectivity index (χ4n) is 2.21. The molecule has 0 aliphatic carbocycles. The SMILES string of the molecule is O=NCCON=Cc1cc(C(=O)NOCCO)c(Nc2ccc(I)cc2F)c(F)c1F. The summed E-state index contributed by atoms with van der Waals surface area (Å²) in [6.07, 6.45) is 0.795. The average Bonchev–Trinajstić information content (AvgIpc) is 2.74. The third kappa shape index (κ3) is 6.86. The van der Waals surface area contributed by atoms with Gasteiger partial charge in [0.1, 0.15) is 19.0 Å². The van der Waals surface area contributed by atoms with E-state index in [1.165, 1.54) is 12.1 Å². The van der Waals surface area contributed by atoms with Gasteiger partial charge in [0.05, 0.1) is 36.4 Å². The number of carbonyl (C=O) groups is 1. The van der Waals surface area contributed by atoms with Crippen LogP contribution in [-0.2, 0) is 9.68 Å². The number of nitrogens with zero attached hydrogens (tertiary/aromatic N) is 2. The van der Waals surface area contributed by atoms with E-state index >= 15 is 0 Å². The number of aliphatic hydroxyl groups is 1. The van der Waals surface area contributed by atoms with Crippen LogP contribution in [0.3, 0.4) is 0 Å². The standard InChI is InChI=1S/C18H16F3IN4O5/c19-13-8-11(22)1-2-14(13)25-17-12(18(28)26-31-6-4-27)7-10(15(20)16(17)21)9-24-30-5-3-23-29/h1-2,7-9,25,27H,3-6H2,(H,26,28). The monoisotopic (exact) mass is 552 g/mol. The fraction of sp³-hybridized carbons (Fsp3) is 0.222. The molecular formula is C18H16F3IN4O5. The number of hydrogen-bond donors (Lipinski definition) is 3. The van der Waals surface area contributed by atoms with Crippen LogP contribution in [0, 0.1) is 25.9 Å². The Kier molecular flexibility index (Phi) is 9.61. The van der Waals surface area contributed by atoms with Gasteiger partial charge in [-0.3, -0.25) is 9.63 Å². The molecule has 0 aliphatic heterocycles. The highest BCUT2D eigenvalue weighted by molar-refractivity contribution is 14.1. The van der Waals surface area contributed by atoms with Crippen LogP contribution in [0.1, 0.15) is 15.9 Å². The molecule has 0 bridgehead atoms. The first-order valence-corrected chi connectivity index (χ1v) is 9.68. The summed E-state index contributed by atoms with van der Waals surface area (Å²) in [4.78, 5) is 31.8. The molecule has 2 aromatic carbocycles. The van der Waals surface area contributed by atoms with Gasteiger partial charge >= 0.3 is 0 Å². The number of anilines is 2. The zero-order chi connectivity index (χ0) is 22.8. The lowest BCUT2D eigenvalue weighted by molar-refractivity contribution is 0.0168. The molecule has 0 heterocycles. The summed E-state index contributed by atoms with van der Waals surface area (Å²) >= 11 is 1.87. The molecule has 1 amide bonds. The predicted molar refractivity (Wildman–Crippen MR) is 113 cm³/mol. The molecule has 2 aromatic rings. The lowest BCUT2D eigenvalue weighted by atomic mass is 10.1. The summed E-state index contributed by atoms with van der Waals surface area (Å²) in [6.45, 7) is -1.04. The first kappa shape index (κ1) is 24.5. The Morgan fingerprint density at radius 2 is 1.97 bits per heavy atom. The highest BCUT2D eigenvalue weighted by atomic mass is 127. The van der Waals surface area contributed by atoms with Gasteiger partial charge in [-0.2, -0.15) is 4.91 Å². The molecule has 0 spiro atoms. The predicted octanol–water partition coefficient (Wildman–Crippen LogP) is 3.22. The maximum absolute atomic E-state index is 14.8. The summed E-state index contributed by atoms with van der Waals surface area (Å²) in [5.41, 5.74) is 0.216. The van der Waals surface area contributed by atoms with Gasteiger partial charge in [0.2, 0.25) is 0 Å².